The molecule has 0 unspecified atom stereocenters. The third-order valence-corrected chi connectivity index (χ3v) is 4.70. The third kappa shape index (κ3) is 5.04. The van der Waals surface area contributed by atoms with Gasteiger partial charge in [-0.2, -0.15) is 0 Å². The smallest absolute Gasteiger partial charge is 0.251 e. The molecular formula is C15H21N3O4S. The van der Waals surface area contributed by atoms with E-state index in [1.807, 2.05) is 25.1 Å². The van der Waals surface area contributed by atoms with Crippen LogP contribution in [0.15, 0.2) is 28.7 Å². The van der Waals surface area contributed by atoms with Gasteiger partial charge in [-0.05, 0) is 18.6 Å². The van der Waals surface area contributed by atoms with Crippen molar-refractivity contribution in [3.8, 4) is 17.2 Å². The van der Waals surface area contributed by atoms with Crippen LogP contribution < -0.4 is 9.46 Å². The molecular weight excluding hydrogens is 318 g/mol. The average molecular weight is 339 g/mol. The van der Waals surface area contributed by atoms with E-state index in [2.05, 4.69) is 14.9 Å². The van der Waals surface area contributed by atoms with E-state index in [-0.39, 0.29) is 12.3 Å². The molecule has 8 heteroatoms. The Morgan fingerprint density at radius 3 is 2.78 bits per heavy atom. The summed E-state index contributed by atoms with van der Waals surface area (Å²) in [7, 11) is -1.66. The fourth-order valence-corrected chi connectivity index (χ4v) is 3.23. The van der Waals surface area contributed by atoms with Crippen molar-refractivity contribution in [2.75, 3.05) is 19.4 Å². The molecule has 0 saturated heterocycles. The predicted molar refractivity (Wildman–Crippen MR) is 86.7 cm³/mol. The van der Waals surface area contributed by atoms with Crippen LogP contribution in [0.2, 0.25) is 0 Å². The molecule has 0 fully saturated rings. The van der Waals surface area contributed by atoms with Crippen LogP contribution in [0.5, 0.6) is 5.75 Å². The molecule has 1 aromatic carbocycles. The van der Waals surface area contributed by atoms with Gasteiger partial charge in [0, 0.05) is 13.0 Å². The van der Waals surface area contributed by atoms with Crippen LogP contribution in [0, 0.1) is 0 Å². The Morgan fingerprint density at radius 2 is 2.04 bits per heavy atom. The number of rotatable bonds is 9. The fraction of sp³-hybridized carbons (Fsp3) is 0.467. The molecule has 2 aromatic rings. The molecule has 23 heavy (non-hydrogen) atoms. The zero-order valence-electron chi connectivity index (χ0n) is 13.3. The number of para-hydroxylation sites is 1. The molecule has 1 heterocycles. The molecule has 7 nitrogen and oxygen atoms in total. The topological polar surface area (TPSA) is 94.3 Å². The maximum Gasteiger partial charge on any atom is 0.251 e. The summed E-state index contributed by atoms with van der Waals surface area (Å²) >= 11 is 0. The van der Waals surface area contributed by atoms with Crippen molar-refractivity contribution in [1.29, 1.82) is 0 Å². The molecule has 0 aliphatic rings. The van der Waals surface area contributed by atoms with Crippen molar-refractivity contribution in [2.45, 2.75) is 26.2 Å². The highest BCUT2D eigenvalue weighted by atomic mass is 32.2. The molecule has 2 rings (SSSR count). The first-order valence-electron chi connectivity index (χ1n) is 7.49. The molecule has 0 saturated carbocycles. The van der Waals surface area contributed by atoms with Crippen LogP contribution in [0.4, 0.5) is 0 Å². The molecule has 126 valence electrons. The number of ether oxygens (including phenoxy) is 1. The molecule has 0 bridgehead atoms. The number of nitrogens with one attached hydrogen (secondary N) is 1. The lowest BCUT2D eigenvalue weighted by atomic mass is 10.2. The van der Waals surface area contributed by atoms with E-state index in [0.29, 0.717) is 35.9 Å². The van der Waals surface area contributed by atoms with Gasteiger partial charge in [-0.15, -0.1) is 10.2 Å². The van der Waals surface area contributed by atoms with Gasteiger partial charge in [-0.25, -0.2) is 13.1 Å². The lowest BCUT2D eigenvalue weighted by Crippen LogP contribution is -2.28. The van der Waals surface area contributed by atoms with E-state index in [9.17, 15) is 8.42 Å². The zero-order valence-corrected chi connectivity index (χ0v) is 14.1. The molecule has 0 radical (unpaired) electrons. The molecule has 0 amide bonds. The molecule has 1 N–H and O–H groups in total. The van der Waals surface area contributed by atoms with E-state index in [4.69, 9.17) is 9.15 Å². The number of unbranched alkanes of at least 4 members (excludes halogenated alkanes) is 1. The van der Waals surface area contributed by atoms with Crippen molar-refractivity contribution in [3.63, 3.8) is 0 Å². The molecule has 0 atom stereocenters. The lowest BCUT2D eigenvalue weighted by Gasteiger charge is -2.04. The fourth-order valence-electron chi connectivity index (χ4n) is 2.00. The molecule has 0 spiro atoms. The second-order valence-electron chi connectivity index (χ2n) is 5.02. The van der Waals surface area contributed by atoms with Gasteiger partial charge in [-0.3, -0.25) is 0 Å². The zero-order chi connectivity index (χ0) is 16.7. The number of benzene rings is 1. The van der Waals surface area contributed by atoms with Crippen LogP contribution in [0.25, 0.3) is 11.5 Å². The van der Waals surface area contributed by atoms with Gasteiger partial charge in [-0.1, -0.05) is 25.5 Å². The minimum Gasteiger partial charge on any atom is -0.496 e. The number of sulfonamides is 1. The predicted octanol–water partition coefficient (Wildman–Crippen LogP) is 2.01. The summed E-state index contributed by atoms with van der Waals surface area (Å²) < 4.78 is 36.7. The van der Waals surface area contributed by atoms with Crippen molar-refractivity contribution >= 4 is 10.0 Å². The summed E-state index contributed by atoms with van der Waals surface area (Å²) in [6.45, 7) is 2.19. The third-order valence-electron chi connectivity index (χ3n) is 3.23. The highest BCUT2D eigenvalue weighted by molar-refractivity contribution is 7.89. The lowest BCUT2D eigenvalue weighted by molar-refractivity contribution is 0.413. The Bertz CT molecular complexity index is 728. The highest BCUT2D eigenvalue weighted by Gasteiger charge is 2.14. The second kappa shape index (κ2) is 8.07. The quantitative estimate of drug-likeness (QED) is 0.751. The second-order valence-corrected chi connectivity index (χ2v) is 6.94. The van der Waals surface area contributed by atoms with E-state index in [0.717, 1.165) is 6.42 Å². The van der Waals surface area contributed by atoms with E-state index >= 15 is 0 Å². The summed E-state index contributed by atoms with van der Waals surface area (Å²) in [4.78, 5) is 0. The van der Waals surface area contributed by atoms with Crippen LogP contribution in [-0.4, -0.2) is 38.0 Å². The summed E-state index contributed by atoms with van der Waals surface area (Å²) in [5, 5.41) is 7.93. The van der Waals surface area contributed by atoms with Crippen LogP contribution >= 0.6 is 0 Å². The molecule has 1 aromatic heterocycles. The summed E-state index contributed by atoms with van der Waals surface area (Å²) in [5.74, 6) is 1.51. The van der Waals surface area contributed by atoms with Crippen molar-refractivity contribution in [3.05, 3.63) is 30.2 Å². The molecule has 0 aliphatic carbocycles. The van der Waals surface area contributed by atoms with Crippen molar-refractivity contribution in [1.82, 2.24) is 14.9 Å². The van der Waals surface area contributed by atoms with E-state index in [1.165, 1.54) is 0 Å². The van der Waals surface area contributed by atoms with Gasteiger partial charge in [0.15, 0.2) is 0 Å². The van der Waals surface area contributed by atoms with Crippen molar-refractivity contribution in [2.24, 2.45) is 0 Å². The Balaban J connectivity index is 1.95. The van der Waals surface area contributed by atoms with Gasteiger partial charge < -0.3 is 9.15 Å². The first kappa shape index (κ1) is 17.4. The Kier molecular flexibility index (Phi) is 6.12. The highest BCUT2D eigenvalue weighted by Crippen LogP contribution is 2.28. The van der Waals surface area contributed by atoms with Crippen LogP contribution in [0.1, 0.15) is 25.7 Å². The standard InChI is InChI=1S/C15H21N3O4S/c1-3-4-11-23(19,20)16-10-9-14-17-18-15(22-14)12-7-5-6-8-13(12)21-2/h5-8,16H,3-4,9-11H2,1-2H3. The number of methoxy groups -OCH3 is 1. The summed E-state index contributed by atoms with van der Waals surface area (Å²) in [5.41, 5.74) is 0.706. The van der Waals surface area contributed by atoms with Gasteiger partial charge in [0.25, 0.3) is 5.89 Å². The monoisotopic (exact) mass is 339 g/mol. The first-order valence-corrected chi connectivity index (χ1v) is 9.14. The number of hydrogen-bond donors (Lipinski definition) is 1. The minimum atomic E-state index is -3.23. The SMILES string of the molecule is CCCCS(=O)(=O)NCCc1nnc(-c2ccccc2OC)o1. The van der Waals surface area contributed by atoms with E-state index < -0.39 is 10.0 Å². The molecule has 0 aliphatic heterocycles. The van der Waals surface area contributed by atoms with Gasteiger partial charge in [0.05, 0.1) is 18.4 Å². The van der Waals surface area contributed by atoms with Gasteiger partial charge >= 0.3 is 0 Å². The van der Waals surface area contributed by atoms with E-state index in [1.54, 1.807) is 13.2 Å². The van der Waals surface area contributed by atoms with Crippen molar-refractivity contribution < 1.29 is 17.6 Å². The Morgan fingerprint density at radius 1 is 1.26 bits per heavy atom. The minimum absolute atomic E-state index is 0.139. The Labute approximate surface area is 136 Å². The van der Waals surface area contributed by atoms with Gasteiger partial charge in [0.1, 0.15) is 5.75 Å². The average Bonchev–Trinajstić information content (AvgIpc) is 3.01. The number of aromatic nitrogens is 2. The first-order chi connectivity index (χ1) is 11.1. The number of nitrogens with zero attached hydrogens (tertiary/aromatic N) is 2. The Hall–Kier alpha value is -1.93. The number of hydrogen-bond acceptors (Lipinski definition) is 6. The van der Waals surface area contributed by atoms with Crippen LogP contribution in [-0.2, 0) is 16.4 Å². The summed E-state index contributed by atoms with van der Waals surface area (Å²) in [6, 6.07) is 7.33. The summed E-state index contributed by atoms with van der Waals surface area (Å²) in [6.07, 6.45) is 1.83. The maximum absolute atomic E-state index is 11.7. The maximum atomic E-state index is 11.7. The van der Waals surface area contributed by atoms with Gasteiger partial charge in [0.2, 0.25) is 15.9 Å². The van der Waals surface area contributed by atoms with Crippen LogP contribution in [0.3, 0.4) is 0 Å². The largest absolute Gasteiger partial charge is 0.496 e. The normalized spacial score (nSPS) is 11.6.